The molecule has 0 saturated heterocycles. The van der Waals surface area contributed by atoms with E-state index >= 15 is 0 Å². The van der Waals surface area contributed by atoms with Crippen molar-refractivity contribution < 1.29 is 9.53 Å². The summed E-state index contributed by atoms with van der Waals surface area (Å²) in [5, 5.41) is 0.513. The molecule has 0 spiro atoms. The number of benzene rings is 2. The molecule has 4 heteroatoms. The molecule has 2 aromatic rings. The smallest absolute Gasteiger partial charge is 0.195 e. The van der Waals surface area contributed by atoms with Gasteiger partial charge in [0.2, 0.25) is 0 Å². The predicted molar refractivity (Wildman–Crippen MR) is 72.3 cm³/mol. The van der Waals surface area contributed by atoms with E-state index in [2.05, 4.69) is 0 Å². The average Bonchev–Trinajstić information content (AvgIpc) is 2.38. The monoisotopic (exact) mass is 261 g/mol. The van der Waals surface area contributed by atoms with Crippen LogP contribution in [-0.4, -0.2) is 12.9 Å². The van der Waals surface area contributed by atoms with Crippen LogP contribution in [0.25, 0.3) is 0 Å². The molecule has 0 heterocycles. The predicted octanol–water partition coefficient (Wildman–Crippen LogP) is 3.16. The van der Waals surface area contributed by atoms with Crippen molar-refractivity contribution in [2.45, 2.75) is 0 Å². The number of methoxy groups -OCH3 is 1. The summed E-state index contributed by atoms with van der Waals surface area (Å²) in [6.07, 6.45) is 0. The van der Waals surface area contributed by atoms with E-state index in [1.54, 1.807) is 49.6 Å². The zero-order valence-corrected chi connectivity index (χ0v) is 10.6. The normalized spacial score (nSPS) is 10.1. The Kier molecular flexibility index (Phi) is 3.53. The zero-order valence-electron chi connectivity index (χ0n) is 9.81. The molecule has 0 bridgehead atoms. The van der Waals surface area contributed by atoms with E-state index < -0.39 is 0 Å². The number of nitrogen functional groups attached to an aromatic ring is 1. The van der Waals surface area contributed by atoms with E-state index in [0.717, 1.165) is 0 Å². The van der Waals surface area contributed by atoms with Crippen LogP contribution in [0.5, 0.6) is 5.75 Å². The van der Waals surface area contributed by atoms with Crippen LogP contribution in [0.1, 0.15) is 15.9 Å². The van der Waals surface area contributed by atoms with E-state index in [4.69, 9.17) is 22.1 Å². The summed E-state index contributed by atoms with van der Waals surface area (Å²) in [6.45, 7) is 0. The van der Waals surface area contributed by atoms with Crippen molar-refractivity contribution in [3.05, 3.63) is 58.6 Å². The molecule has 18 heavy (non-hydrogen) atoms. The van der Waals surface area contributed by atoms with Gasteiger partial charge in [-0.1, -0.05) is 11.6 Å². The number of halogens is 1. The fourth-order valence-corrected chi connectivity index (χ4v) is 1.82. The second-order valence-corrected chi connectivity index (χ2v) is 4.23. The molecule has 0 atom stereocenters. The van der Waals surface area contributed by atoms with Crippen LogP contribution in [0, 0.1) is 0 Å². The van der Waals surface area contributed by atoms with Crippen LogP contribution in [0.15, 0.2) is 42.5 Å². The molecule has 0 aliphatic carbocycles. The average molecular weight is 262 g/mol. The number of carbonyl (C=O) groups is 1. The van der Waals surface area contributed by atoms with Gasteiger partial charge < -0.3 is 10.5 Å². The lowest BCUT2D eigenvalue weighted by Crippen LogP contribution is -2.05. The van der Waals surface area contributed by atoms with Crippen LogP contribution in [0.4, 0.5) is 5.69 Å². The Morgan fingerprint density at radius 1 is 1.17 bits per heavy atom. The molecule has 0 amide bonds. The van der Waals surface area contributed by atoms with E-state index in [1.165, 1.54) is 0 Å². The molecule has 0 aliphatic rings. The van der Waals surface area contributed by atoms with Gasteiger partial charge in [0.15, 0.2) is 5.78 Å². The lowest BCUT2D eigenvalue weighted by Gasteiger charge is -2.06. The molecule has 0 unspecified atom stereocenters. The van der Waals surface area contributed by atoms with Crippen molar-refractivity contribution >= 4 is 23.1 Å². The summed E-state index contributed by atoms with van der Waals surface area (Å²) in [7, 11) is 1.58. The summed E-state index contributed by atoms with van der Waals surface area (Å²) >= 11 is 5.80. The van der Waals surface area contributed by atoms with Gasteiger partial charge in [-0.15, -0.1) is 0 Å². The van der Waals surface area contributed by atoms with E-state index in [9.17, 15) is 4.79 Å². The highest BCUT2D eigenvalue weighted by Gasteiger charge is 2.12. The van der Waals surface area contributed by atoms with Gasteiger partial charge >= 0.3 is 0 Å². The first kappa shape index (κ1) is 12.5. The number of anilines is 1. The van der Waals surface area contributed by atoms with Gasteiger partial charge in [0, 0.05) is 21.8 Å². The SMILES string of the molecule is COc1ccc(C(=O)c2ccc(Cl)cc2N)cc1. The van der Waals surface area contributed by atoms with Gasteiger partial charge in [0.05, 0.1) is 7.11 Å². The van der Waals surface area contributed by atoms with Crippen molar-refractivity contribution in [3.63, 3.8) is 0 Å². The minimum atomic E-state index is -0.133. The molecule has 0 radical (unpaired) electrons. The maximum Gasteiger partial charge on any atom is 0.195 e. The van der Waals surface area contributed by atoms with Gasteiger partial charge in [0.1, 0.15) is 5.75 Å². The summed E-state index contributed by atoms with van der Waals surface area (Å²) in [4.78, 5) is 12.2. The quantitative estimate of drug-likeness (QED) is 0.682. The number of nitrogens with two attached hydrogens (primary N) is 1. The molecule has 2 aromatic carbocycles. The third kappa shape index (κ3) is 2.46. The Bertz CT molecular complexity index is 579. The van der Waals surface area contributed by atoms with Crippen LogP contribution in [0.3, 0.4) is 0 Å². The van der Waals surface area contributed by atoms with Gasteiger partial charge in [-0.3, -0.25) is 4.79 Å². The Hall–Kier alpha value is -2.00. The standard InChI is InChI=1S/C14H12ClNO2/c1-18-11-5-2-9(3-6-11)14(17)12-7-4-10(15)8-13(12)16/h2-8H,16H2,1H3. The summed E-state index contributed by atoms with van der Waals surface area (Å²) in [6, 6.07) is 11.7. The number of carbonyl (C=O) groups excluding carboxylic acids is 1. The van der Waals surface area contributed by atoms with Crippen LogP contribution in [-0.2, 0) is 0 Å². The van der Waals surface area contributed by atoms with E-state index in [1.807, 2.05) is 0 Å². The van der Waals surface area contributed by atoms with Crippen molar-refractivity contribution in [2.24, 2.45) is 0 Å². The Morgan fingerprint density at radius 2 is 1.83 bits per heavy atom. The first-order valence-electron chi connectivity index (χ1n) is 5.35. The second-order valence-electron chi connectivity index (χ2n) is 3.79. The number of hydrogen-bond acceptors (Lipinski definition) is 3. The van der Waals surface area contributed by atoms with Gasteiger partial charge in [0.25, 0.3) is 0 Å². The molecular formula is C14H12ClNO2. The minimum Gasteiger partial charge on any atom is -0.497 e. The molecule has 3 nitrogen and oxygen atoms in total. The topological polar surface area (TPSA) is 52.3 Å². The molecule has 0 aromatic heterocycles. The first-order valence-corrected chi connectivity index (χ1v) is 5.73. The van der Waals surface area contributed by atoms with Crippen LogP contribution < -0.4 is 10.5 Å². The lowest BCUT2D eigenvalue weighted by atomic mass is 10.0. The zero-order chi connectivity index (χ0) is 13.1. The maximum atomic E-state index is 12.2. The Labute approximate surface area is 110 Å². The molecule has 0 fully saturated rings. The number of ketones is 1. The van der Waals surface area contributed by atoms with Gasteiger partial charge in [-0.05, 0) is 42.5 Å². The van der Waals surface area contributed by atoms with Gasteiger partial charge in [-0.25, -0.2) is 0 Å². The van der Waals surface area contributed by atoms with E-state index in [0.29, 0.717) is 27.6 Å². The minimum absolute atomic E-state index is 0.133. The highest BCUT2D eigenvalue weighted by atomic mass is 35.5. The highest BCUT2D eigenvalue weighted by molar-refractivity contribution is 6.31. The largest absolute Gasteiger partial charge is 0.497 e. The fourth-order valence-electron chi connectivity index (χ4n) is 1.64. The second kappa shape index (κ2) is 5.10. The number of hydrogen-bond donors (Lipinski definition) is 1. The lowest BCUT2D eigenvalue weighted by molar-refractivity contribution is 0.103. The summed E-state index contributed by atoms with van der Waals surface area (Å²) < 4.78 is 5.04. The number of ether oxygens (including phenoxy) is 1. The summed E-state index contributed by atoms with van der Waals surface area (Å²) in [5.74, 6) is 0.572. The van der Waals surface area contributed by atoms with Crippen LogP contribution in [0.2, 0.25) is 5.02 Å². The summed E-state index contributed by atoms with van der Waals surface area (Å²) in [5.41, 5.74) is 7.17. The Balaban J connectivity index is 2.35. The van der Waals surface area contributed by atoms with Crippen molar-refractivity contribution in [3.8, 4) is 5.75 Å². The molecule has 2 rings (SSSR count). The van der Waals surface area contributed by atoms with Crippen molar-refractivity contribution in [2.75, 3.05) is 12.8 Å². The first-order chi connectivity index (χ1) is 8.61. The molecule has 2 N–H and O–H groups in total. The highest BCUT2D eigenvalue weighted by Crippen LogP contribution is 2.22. The Morgan fingerprint density at radius 3 is 2.39 bits per heavy atom. The van der Waals surface area contributed by atoms with Crippen molar-refractivity contribution in [1.29, 1.82) is 0 Å². The fraction of sp³-hybridized carbons (Fsp3) is 0.0714. The van der Waals surface area contributed by atoms with Crippen LogP contribution >= 0.6 is 11.6 Å². The molecule has 0 saturated carbocycles. The van der Waals surface area contributed by atoms with Crippen molar-refractivity contribution in [1.82, 2.24) is 0 Å². The maximum absolute atomic E-state index is 12.2. The van der Waals surface area contributed by atoms with E-state index in [-0.39, 0.29) is 5.78 Å². The third-order valence-electron chi connectivity index (χ3n) is 2.61. The molecule has 0 aliphatic heterocycles. The third-order valence-corrected chi connectivity index (χ3v) is 2.85. The van der Waals surface area contributed by atoms with Gasteiger partial charge in [-0.2, -0.15) is 0 Å². The molecule has 92 valence electrons. The number of rotatable bonds is 3. The molecular weight excluding hydrogens is 250 g/mol.